The molecule has 0 saturated heterocycles. The Balaban J connectivity index is 2.55. The summed E-state index contributed by atoms with van der Waals surface area (Å²) in [5.41, 5.74) is 1.18. The maximum atomic E-state index is 14.3. The van der Waals surface area contributed by atoms with Crippen molar-refractivity contribution in [2.45, 2.75) is 13.0 Å². The molecule has 2 nitrogen and oxygen atoms in total. The van der Waals surface area contributed by atoms with Crippen LogP contribution in [0.5, 0.6) is 5.75 Å². The second-order valence-electron chi connectivity index (χ2n) is 4.71. The molecule has 0 fully saturated rings. The molecule has 0 aliphatic rings. The van der Waals surface area contributed by atoms with Crippen molar-refractivity contribution in [3.63, 3.8) is 0 Å². The summed E-state index contributed by atoms with van der Waals surface area (Å²) in [4.78, 5) is 0. The predicted molar refractivity (Wildman–Crippen MR) is 82.7 cm³/mol. The third kappa shape index (κ3) is 3.09. The van der Waals surface area contributed by atoms with Crippen molar-refractivity contribution in [2.24, 2.45) is 0 Å². The Bertz CT molecular complexity index is 661. The first kappa shape index (κ1) is 15.9. The van der Waals surface area contributed by atoms with Crippen molar-refractivity contribution >= 4 is 15.9 Å². The molecule has 2 aromatic carbocycles. The number of aryl methyl sites for hydroxylation is 1. The van der Waals surface area contributed by atoms with Gasteiger partial charge in [0.2, 0.25) is 0 Å². The Labute approximate surface area is 131 Å². The Kier molecular flexibility index (Phi) is 4.96. The molecule has 0 aliphatic heterocycles. The predicted octanol–water partition coefficient (Wildman–Crippen LogP) is 4.35. The molecule has 1 unspecified atom stereocenters. The minimum Gasteiger partial charge on any atom is -0.496 e. The van der Waals surface area contributed by atoms with Gasteiger partial charge in [0.1, 0.15) is 17.4 Å². The number of ether oxygens (including phenoxy) is 1. The highest BCUT2D eigenvalue weighted by Crippen LogP contribution is 2.33. The van der Waals surface area contributed by atoms with Crippen LogP contribution in [0.15, 0.2) is 34.8 Å². The Morgan fingerprint density at radius 1 is 1.19 bits per heavy atom. The first-order valence-electron chi connectivity index (χ1n) is 6.44. The number of benzene rings is 2. The fourth-order valence-electron chi connectivity index (χ4n) is 2.28. The average molecular weight is 356 g/mol. The Hall–Kier alpha value is -1.46. The molecule has 1 N–H and O–H groups in total. The van der Waals surface area contributed by atoms with E-state index in [1.165, 1.54) is 12.1 Å². The van der Waals surface area contributed by atoms with E-state index < -0.39 is 17.7 Å². The van der Waals surface area contributed by atoms with Crippen LogP contribution in [0.2, 0.25) is 0 Å². The normalized spacial score (nSPS) is 12.3. The quantitative estimate of drug-likeness (QED) is 0.879. The van der Waals surface area contributed by atoms with E-state index in [2.05, 4.69) is 21.2 Å². The average Bonchev–Trinajstić information content (AvgIpc) is 2.47. The van der Waals surface area contributed by atoms with Gasteiger partial charge in [-0.2, -0.15) is 0 Å². The molecule has 2 aromatic rings. The van der Waals surface area contributed by atoms with Crippen LogP contribution >= 0.6 is 15.9 Å². The summed E-state index contributed by atoms with van der Waals surface area (Å²) in [5, 5.41) is 2.97. The van der Waals surface area contributed by atoms with E-state index in [9.17, 15) is 8.78 Å². The maximum Gasteiger partial charge on any atom is 0.134 e. The summed E-state index contributed by atoms with van der Waals surface area (Å²) in [5.74, 6) is -0.426. The van der Waals surface area contributed by atoms with E-state index in [4.69, 9.17) is 4.74 Å². The summed E-state index contributed by atoms with van der Waals surface area (Å²) < 4.78 is 34.3. The van der Waals surface area contributed by atoms with Gasteiger partial charge in [0, 0.05) is 5.56 Å². The van der Waals surface area contributed by atoms with E-state index in [1.54, 1.807) is 39.3 Å². The minimum absolute atomic E-state index is 0.0227. The number of hydrogen-bond acceptors (Lipinski definition) is 2. The zero-order chi connectivity index (χ0) is 15.6. The lowest BCUT2D eigenvalue weighted by Crippen LogP contribution is -2.21. The fraction of sp³-hybridized carbons (Fsp3) is 0.250. The van der Waals surface area contributed by atoms with Gasteiger partial charge in [0.05, 0.1) is 17.6 Å². The summed E-state index contributed by atoms with van der Waals surface area (Å²) in [7, 11) is 3.24. The largest absolute Gasteiger partial charge is 0.496 e. The van der Waals surface area contributed by atoms with Crippen LogP contribution in [0.4, 0.5) is 8.78 Å². The molecule has 0 spiro atoms. The van der Waals surface area contributed by atoms with Crippen LogP contribution in [0, 0.1) is 18.6 Å². The van der Waals surface area contributed by atoms with E-state index >= 15 is 0 Å². The molecule has 0 radical (unpaired) electrons. The first-order chi connectivity index (χ1) is 9.99. The highest BCUT2D eigenvalue weighted by Gasteiger charge is 2.22. The molecule has 0 aromatic heterocycles. The molecule has 21 heavy (non-hydrogen) atoms. The second-order valence-corrected chi connectivity index (χ2v) is 5.56. The molecule has 0 heterocycles. The van der Waals surface area contributed by atoms with Crippen molar-refractivity contribution in [3.05, 3.63) is 63.1 Å². The maximum absolute atomic E-state index is 14.3. The van der Waals surface area contributed by atoms with Crippen LogP contribution in [0.25, 0.3) is 0 Å². The second kappa shape index (κ2) is 6.54. The molecular formula is C16H16BrF2NO. The van der Waals surface area contributed by atoms with Gasteiger partial charge in [0.25, 0.3) is 0 Å². The van der Waals surface area contributed by atoms with E-state index in [0.29, 0.717) is 11.3 Å². The smallest absolute Gasteiger partial charge is 0.134 e. The van der Waals surface area contributed by atoms with Crippen LogP contribution in [-0.2, 0) is 0 Å². The van der Waals surface area contributed by atoms with E-state index in [1.807, 2.05) is 0 Å². The van der Waals surface area contributed by atoms with Crippen molar-refractivity contribution in [1.82, 2.24) is 5.32 Å². The molecule has 5 heteroatoms. The van der Waals surface area contributed by atoms with Gasteiger partial charge >= 0.3 is 0 Å². The third-order valence-corrected chi connectivity index (χ3v) is 4.03. The molecule has 0 amide bonds. The summed E-state index contributed by atoms with van der Waals surface area (Å²) in [6.07, 6.45) is 0. The third-order valence-electron chi connectivity index (χ3n) is 3.41. The SMILES string of the molecule is CNC(c1ccc(OC)c(Br)c1)c1c(F)ccc(C)c1F. The zero-order valence-electron chi connectivity index (χ0n) is 12.0. The van der Waals surface area contributed by atoms with Crippen molar-refractivity contribution in [3.8, 4) is 5.75 Å². The molecular weight excluding hydrogens is 340 g/mol. The lowest BCUT2D eigenvalue weighted by Gasteiger charge is -2.20. The lowest BCUT2D eigenvalue weighted by atomic mass is 9.96. The van der Waals surface area contributed by atoms with Gasteiger partial charge in [-0.05, 0) is 59.2 Å². The van der Waals surface area contributed by atoms with Crippen LogP contribution in [-0.4, -0.2) is 14.2 Å². The van der Waals surface area contributed by atoms with Gasteiger partial charge in [-0.25, -0.2) is 8.78 Å². The lowest BCUT2D eigenvalue weighted by molar-refractivity contribution is 0.411. The van der Waals surface area contributed by atoms with Crippen molar-refractivity contribution in [1.29, 1.82) is 0 Å². The summed E-state index contributed by atoms with van der Waals surface area (Å²) in [6.45, 7) is 1.62. The zero-order valence-corrected chi connectivity index (χ0v) is 13.6. The number of rotatable bonds is 4. The van der Waals surface area contributed by atoms with Gasteiger partial charge in [-0.1, -0.05) is 12.1 Å². The number of nitrogens with one attached hydrogen (secondary N) is 1. The highest BCUT2D eigenvalue weighted by atomic mass is 79.9. The molecule has 2 rings (SSSR count). The molecule has 112 valence electrons. The number of hydrogen-bond donors (Lipinski definition) is 1. The molecule has 1 atom stereocenters. The minimum atomic E-state index is -0.577. The Morgan fingerprint density at radius 2 is 1.90 bits per heavy atom. The van der Waals surface area contributed by atoms with Gasteiger partial charge in [0.15, 0.2) is 0 Å². The molecule has 0 bridgehead atoms. The van der Waals surface area contributed by atoms with Crippen LogP contribution < -0.4 is 10.1 Å². The van der Waals surface area contributed by atoms with Gasteiger partial charge < -0.3 is 10.1 Å². The van der Waals surface area contributed by atoms with Crippen LogP contribution in [0.3, 0.4) is 0 Å². The first-order valence-corrected chi connectivity index (χ1v) is 7.24. The fourth-order valence-corrected chi connectivity index (χ4v) is 2.84. The molecule has 0 aliphatic carbocycles. The van der Waals surface area contributed by atoms with Gasteiger partial charge in [-0.15, -0.1) is 0 Å². The number of halogens is 3. The van der Waals surface area contributed by atoms with E-state index in [-0.39, 0.29) is 5.56 Å². The van der Waals surface area contributed by atoms with Crippen molar-refractivity contribution < 1.29 is 13.5 Å². The standard InChI is InChI=1S/C16H16BrF2NO/c1-9-4-6-12(18)14(15(9)19)16(20-2)10-5-7-13(21-3)11(17)8-10/h4-8,16,20H,1-3H3. The molecule has 0 saturated carbocycles. The summed E-state index contributed by atoms with van der Waals surface area (Å²) in [6, 6.07) is 7.48. The van der Waals surface area contributed by atoms with Crippen LogP contribution in [0.1, 0.15) is 22.7 Å². The topological polar surface area (TPSA) is 21.3 Å². The monoisotopic (exact) mass is 355 g/mol. The van der Waals surface area contributed by atoms with Crippen molar-refractivity contribution in [2.75, 3.05) is 14.2 Å². The highest BCUT2D eigenvalue weighted by molar-refractivity contribution is 9.10. The van der Waals surface area contributed by atoms with Gasteiger partial charge in [-0.3, -0.25) is 0 Å². The summed E-state index contributed by atoms with van der Waals surface area (Å²) >= 11 is 3.39. The Morgan fingerprint density at radius 3 is 2.48 bits per heavy atom. The number of methoxy groups -OCH3 is 1. The van der Waals surface area contributed by atoms with E-state index in [0.717, 1.165) is 10.0 Å².